The van der Waals surface area contributed by atoms with Crippen LogP contribution in [0.5, 0.6) is 17.2 Å². The second kappa shape index (κ2) is 8.84. The molecule has 1 aromatic rings. The van der Waals surface area contributed by atoms with E-state index >= 15 is 0 Å². The maximum atomic E-state index is 12.8. The van der Waals surface area contributed by atoms with Crippen LogP contribution in [0.25, 0.3) is 0 Å². The fraction of sp³-hybridized carbons (Fsp3) is 0.562. The van der Waals surface area contributed by atoms with Crippen molar-refractivity contribution in [2.45, 2.75) is 18.9 Å². The van der Waals surface area contributed by atoms with Gasteiger partial charge in [0, 0.05) is 19.1 Å². The molecule has 1 heterocycles. The number of nitrogens with zero attached hydrogens (tertiary/aromatic N) is 1. The first-order valence-corrected chi connectivity index (χ1v) is 7.41. The van der Waals surface area contributed by atoms with Crippen LogP contribution in [-0.2, 0) is 0 Å². The van der Waals surface area contributed by atoms with E-state index in [1.165, 1.54) is 14.2 Å². The number of piperidine rings is 1. The molecule has 1 aliphatic rings. The molecular formula is C16H25ClN2O4. The zero-order chi connectivity index (χ0) is 16.1. The van der Waals surface area contributed by atoms with Crippen LogP contribution in [0.2, 0.25) is 0 Å². The van der Waals surface area contributed by atoms with Gasteiger partial charge in [-0.2, -0.15) is 0 Å². The predicted molar refractivity (Wildman–Crippen MR) is 91.3 cm³/mol. The van der Waals surface area contributed by atoms with Crippen molar-refractivity contribution >= 4 is 18.3 Å². The molecule has 0 spiro atoms. The highest BCUT2D eigenvalue weighted by atomic mass is 35.5. The molecule has 0 aliphatic carbocycles. The van der Waals surface area contributed by atoms with E-state index in [0.29, 0.717) is 28.9 Å². The zero-order valence-corrected chi connectivity index (χ0v) is 14.9. The molecule has 0 saturated carbocycles. The lowest BCUT2D eigenvalue weighted by Crippen LogP contribution is -2.44. The molecule has 1 fully saturated rings. The monoisotopic (exact) mass is 344 g/mol. The van der Waals surface area contributed by atoms with Crippen molar-refractivity contribution in [3.63, 3.8) is 0 Å². The number of benzene rings is 1. The van der Waals surface area contributed by atoms with Crippen LogP contribution in [0.3, 0.4) is 0 Å². The minimum Gasteiger partial charge on any atom is -0.493 e. The van der Waals surface area contributed by atoms with Crippen molar-refractivity contribution in [3.05, 3.63) is 17.7 Å². The van der Waals surface area contributed by atoms with Gasteiger partial charge in [-0.3, -0.25) is 4.79 Å². The molecule has 7 heteroatoms. The lowest BCUT2D eigenvalue weighted by atomic mass is 10.0. The molecule has 1 N–H and O–H groups in total. The maximum absolute atomic E-state index is 12.8. The molecule has 0 bridgehead atoms. The number of likely N-dealkylation sites (tertiary alicyclic amines) is 1. The summed E-state index contributed by atoms with van der Waals surface area (Å²) >= 11 is 0. The highest BCUT2D eigenvalue weighted by molar-refractivity contribution is 5.98. The zero-order valence-electron chi connectivity index (χ0n) is 14.0. The second-order valence-corrected chi connectivity index (χ2v) is 5.24. The summed E-state index contributed by atoms with van der Waals surface area (Å²) in [5.41, 5.74) is 0.503. The lowest BCUT2D eigenvalue weighted by molar-refractivity contribution is 0.0703. The first-order valence-electron chi connectivity index (χ1n) is 7.41. The summed E-state index contributed by atoms with van der Waals surface area (Å²) in [5.74, 6) is 1.38. The van der Waals surface area contributed by atoms with Crippen molar-refractivity contribution in [1.29, 1.82) is 0 Å². The van der Waals surface area contributed by atoms with E-state index in [0.717, 1.165) is 25.9 Å². The quantitative estimate of drug-likeness (QED) is 0.884. The van der Waals surface area contributed by atoms with E-state index in [4.69, 9.17) is 14.2 Å². The second-order valence-electron chi connectivity index (χ2n) is 5.24. The van der Waals surface area contributed by atoms with Crippen molar-refractivity contribution < 1.29 is 19.0 Å². The smallest absolute Gasteiger partial charge is 0.257 e. The van der Waals surface area contributed by atoms with Gasteiger partial charge in [0.05, 0.1) is 26.9 Å². The third-order valence-electron chi connectivity index (χ3n) is 4.13. The largest absolute Gasteiger partial charge is 0.493 e. The number of amides is 1. The van der Waals surface area contributed by atoms with Crippen LogP contribution in [0, 0.1) is 0 Å². The summed E-state index contributed by atoms with van der Waals surface area (Å²) in [5, 5.41) is 3.26. The van der Waals surface area contributed by atoms with Gasteiger partial charge in [0.15, 0.2) is 11.5 Å². The summed E-state index contributed by atoms with van der Waals surface area (Å²) in [6.45, 7) is 1.48. The predicted octanol–water partition coefficient (Wildman–Crippen LogP) is 1.96. The van der Waals surface area contributed by atoms with E-state index in [9.17, 15) is 4.79 Å². The summed E-state index contributed by atoms with van der Waals surface area (Å²) in [6, 6.07) is 3.94. The fourth-order valence-electron chi connectivity index (χ4n) is 2.81. The number of hydrogen-bond acceptors (Lipinski definition) is 5. The van der Waals surface area contributed by atoms with Crippen molar-refractivity contribution in [2.75, 3.05) is 41.5 Å². The first-order chi connectivity index (χ1) is 10.7. The Hall–Kier alpha value is -1.66. The normalized spacial score (nSPS) is 14.9. The Morgan fingerprint density at radius 1 is 1.09 bits per heavy atom. The molecular weight excluding hydrogens is 320 g/mol. The van der Waals surface area contributed by atoms with Gasteiger partial charge >= 0.3 is 0 Å². The number of carbonyl (C=O) groups excluding carboxylic acids is 1. The molecule has 0 radical (unpaired) electrons. The van der Waals surface area contributed by atoms with Gasteiger partial charge in [0.1, 0.15) is 0 Å². The summed E-state index contributed by atoms with van der Waals surface area (Å²) in [4.78, 5) is 14.6. The number of halogens is 1. The van der Waals surface area contributed by atoms with Crippen LogP contribution in [0.1, 0.15) is 23.2 Å². The first kappa shape index (κ1) is 19.4. The van der Waals surface area contributed by atoms with E-state index in [1.54, 1.807) is 19.2 Å². The average Bonchev–Trinajstić information content (AvgIpc) is 2.59. The van der Waals surface area contributed by atoms with Crippen LogP contribution in [0.4, 0.5) is 0 Å². The van der Waals surface area contributed by atoms with Crippen molar-refractivity contribution in [3.8, 4) is 17.2 Å². The fourth-order valence-corrected chi connectivity index (χ4v) is 2.81. The van der Waals surface area contributed by atoms with E-state index in [1.807, 2.05) is 11.9 Å². The number of ether oxygens (including phenoxy) is 3. The van der Waals surface area contributed by atoms with Gasteiger partial charge in [0.2, 0.25) is 5.75 Å². The number of rotatable bonds is 5. The number of carbonyl (C=O) groups is 1. The topological polar surface area (TPSA) is 60.0 Å². The van der Waals surface area contributed by atoms with Gasteiger partial charge in [0.25, 0.3) is 5.91 Å². The van der Waals surface area contributed by atoms with Gasteiger partial charge in [-0.05, 0) is 32.0 Å². The van der Waals surface area contributed by atoms with Crippen molar-refractivity contribution in [2.24, 2.45) is 0 Å². The summed E-state index contributed by atoms with van der Waals surface area (Å²) in [6.07, 6.45) is 1.91. The Morgan fingerprint density at radius 2 is 1.70 bits per heavy atom. The minimum atomic E-state index is -0.0349. The van der Waals surface area contributed by atoms with Gasteiger partial charge in [-0.25, -0.2) is 0 Å². The van der Waals surface area contributed by atoms with Crippen LogP contribution in [-0.4, -0.2) is 58.3 Å². The van der Waals surface area contributed by atoms with Gasteiger partial charge in [-0.15, -0.1) is 12.4 Å². The molecule has 130 valence electrons. The molecule has 0 aromatic heterocycles. The average molecular weight is 345 g/mol. The Labute approximate surface area is 143 Å². The van der Waals surface area contributed by atoms with Crippen molar-refractivity contribution in [1.82, 2.24) is 10.2 Å². The number of methoxy groups -OCH3 is 3. The molecule has 1 aromatic carbocycles. The SMILES string of the molecule is CNC1CCN(C(=O)c2ccc(OC)c(OC)c2OC)CC1.Cl. The number of hydrogen-bond donors (Lipinski definition) is 1. The van der Waals surface area contributed by atoms with Crippen LogP contribution in [0.15, 0.2) is 12.1 Å². The maximum Gasteiger partial charge on any atom is 0.257 e. The molecule has 6 nitrogen and oxygen atoms in total. The van der Waals surface area contributed by atoms with E-state index < -0.39 is 0 Å². The van der Waals surface area contributed by atoms with Crippen LogP contribution < -0.4 is 19.5 Å². The van der Waals surface area contributed by atoms with Gasteiger partial charge in [-0.1, -0.05) is 0 Å². The molecule has 0 unspecified atom stereocenters. The molecule has 2 rings (SSSR count). The van der Waals surface area contributed by atoms with E-state index in [2.05, 4.69) is 5.32 Å². The lowest BCUT2D eigenvalue weighted by Gasteiger charge is -2.32. The molecule has 1 aliphatic heterocycles. The standard InChI is InChI=1S/C16H24N2O4.ClH/c1-17-11-7-9-18(10-8-11)16(19)12-5-6-13(20-2)15(22-4)14(12)21-3;/h5-6,11,17H,7-10H2,1-4H3;1H. The molecule has 1 amide bonds. The summed E-state index contributed by atoms with van der Waals surface area (Å²) in [7, 11) is 6.58. The Kier molecular flexibility index (Phi) is 7.45. The summed E-state index contributed by atoms with van der Waals surface area (Å²) < 4.78 is 16.0. The minimum absolute atomic E-state index is 0. The van der Waals surface area contributed by atoms with Crippen LogP contribution >= 0.6 is 12.4 Å². The highest BCUT2D eigenvalue weighted by Crippen LogP contribution is 2.40. The molecule has 1 saturated heterocycles. The third kappa shape index (κ3) is 4.00. The Balaban J connectivity index is 0.00000264. The number of nitrogens with one attached hydrogen (secondary N) is 1. The Bertz CT molecular complexity index is 531. The molecule has 0 atom stereocenters. The highest BCUT2D eigenvalue weighted by Gasteiger charge is 2.27. The molecule has 23 heavy (non-hydrogen) atoms. The van der Waals surface area contributed by atoms with E-state index in [-0.39, 0.29) is 18.3 Å². The third-order valence-corrected chi connectivity index (χ3v) is 4.13. The Morgan fingerprint density at radius 3 is 2.17 bits per heavy atom. The van der Waals surface area contributed by atoms with Gasteiger partial charge < -0.3 is 24.4 Å².